The van der Waals surface area contributed by atoms with Crippen molar-refractivity contribution in [2.45, 2.75) is 18.8 Å². The van der Waals surface area contributed by atoms with Crippen molar-refractivity contribution in [1.82, 2.24) is 25.5 Å². The number of pyridine rings is 1. The fraction of sp³-hybridized carbons (Fsp3) is 0.227. The van der Waals surface area contributed by atoms with Crippen LogP contribution in [0.3, 0.4) is 0 Å². The summed E-state index contributed by atoms with van der Waals surface area (Å²) in [5, 5.41) is 15.2. The normalized spacial score (nSPS) is 14.6. The number of aromatic nitrogens is 4. The highest BCUT2D eigenvalue weighted by molar-refractivity contribution is 6.02. The lowest BCUT2D eigenvalue weighted by molar-refractivity contribution is 0.102. The van der Waals surface area contributed by atoms with E-state index in [1.165, 1.54) is 6.26 Å². The highest BCUT2D eigenvalue weighted by Crippen LogP contribution is 2.26. The van der Waals surface area contributed by atoms with Crippen LogP contribution in [0.15, 0.2) is 53.4 Å². The number of amides is 1. The van der Waals surface area contributed by atoms with Gasteiger partial charge in [0.2, 0.25) is 0 Å². The molecule has 0 saturated carbocycles. The topological polar surface area (TPSA) is 132 Å². The number of hydrogen-bond acceptors (Lipinski definition) is 8. The molecule has 0 atom stereocenters. The van der Waals surface area contributed by atoms with Gasteiger partial charge in [-0.05, 0) is 55.8 Å². The SMILES string of the molecule is Nc1cncc(-c2ccc3nnc(NC(=O)c4coc(C5CCNCC5)n4)cc3c2)c1. The molecule has 156 valence electrons. The molecule has 3 aromatic heterocycles. The fourth-order valence-electron chi connectivity index (χ4n) is 3.73. The van der Waals surface area contributed by atoms with Crippen LogP contribution in [0.25, 0.3) is 22.0 Å². The van der Waals surface area contributed by atoms with Gasteiger partial charge in [0, 0.05) is 29.3 Å². The van der Waals surface area contributed by atoms with E-state index in [4.69, 9.17) is 10.2 Å². The number of piperidine rings is 1. The van der Waals surface area contributed by atoms with E-state index < -0.39 is 0 Å². The Morgan fingerprint density at radius 2 is 1.97 bits per heavy atom. The number of anilines is 2. The Morgan fingerprint density at radius 1 is 1.10 bits per heavy atom. The van der Waals surface area contributed by atoms with Gasteiger partial charge < -0.3 is 20.8 Å². The van der Waals surface area contributed by atoms with E-state index in [9.17, 15) is 4.79 Å². The van der Waals surface area contributed by atoms with Crippen LogP contribution in [0.4, 0.5) is 11.5 Å². The van der Waals surface area contributed by atoms with E-state index in [1.807, 2.05) is 24.3 Å². The Labute approximate surface area is 178 Å². The molecule has 0 aliphatic carbocycles. The first-order valence-corrected chi connectivity index (χ1v) is 10.1. The third-order valence-electron chi connectivity index (χ3n) is 5.36. The highest BCUT2D eigenvalue weighted by atomic mass is 16.3. The number of fused-ring (bicyclic) bond motifs is 1. The summed E-state index contributed by atoms with van der Waals surface area (Å²) >= 11 is 0. The Morgan fingerprint density at radius 3 is 2.81 bits per heavy atom. The molecule has 1 fully saturated rings. The van der Waals surface area contributed by atoms with Gasteiger partial charge in [0.1, 0.15) is 6.26 Å². The minimum absolute atomic E-state index is 0.231. The predicted octanol–water partition coefficient (Wildman–Crippen LogP) is 2.98. The zero-order chi connectivity index (χ0) is 21.2. The monoisotopic (exact) mass is 415 g/mol. The second-order valence-corrected chi connectivity index (χ2v) is 7.56. The van der Waals surface area contributed by atoms with Crippen molar-refractivity contribution in [2.75, 3.05) is 24.1 Å². The van der Waals surface area contributed by atoms with Crippen LogP contribution in [0.5, 0.6) is 0 Å². The molecule has 1 aromatic carbocycles. The van der Waals surface area contributed by atoms with Gasteiger partial charge in [-0.2, -0.15) is 0 Å². The molecule has 1 aliphatic heterocycles. The molecular weight excluding hydrogens is 394 g/mol. The molecular formula is C22H21N7O2. The lowest BCUT2D eigenvalue weighted by atomic mass is 9.98. The van der Waals surface area contributed by atoms with Gasteiger partial charge in [-0.15, -0.1) is 10.2 Å². The van der Waals surface area contributed by atoms with Crippen molar-refractivity contribution in [2.24, 2.45) is 0 Å². The van der Waals surface area contributed by atoms with Crippen molar-refractivity contribution in [3.05, 3.63) is 60.6 Å². The van der Waals surface area contributed by atoms with Gasteiger partial charge in [-0.25, -0.2) is 4.98 Å². The molecule has 4 N–H and O–H groups in total. The smallest absolute Gasteiger partial charge is 0.278 e. The lowest BCUT2D eigenvalue weighted by Gasteiger charge is -2.19. The van der Waals surface area contributed by atoms with E-state index >= 15 is 0 Å². The first-order chi connectivity index (χ1) is 15.2. The van der Waals surface area contributed by atoms with Crippen LogP contribution >= 0.6 is 0 Å². The second-order valence-electron chi connectivity index (χ2n) is 7.56. The third kappa shape index (κ3) is 4.08. The molecule has 0 unspecified atom stereocenters. The van der Waals surface area contributed by atoms with Gasteiger partial charge in [0.15, 0.2) is 17.4 Å². The predicted molar refractivity (Wildman–Crippen MR) is 116 cm³/mol. The van der Waals surface area contributed by atoms with Crippen LogP contribution in [-0.2, 0) is 0 Å². The number of hydrogen-bond donors (Lipinski definition) is 3. The number of carbonyl (C=O) groups excluding carboxylic acids is 1. The molecule has 9 heteroatoms. The summed E-state index contributed by atoms with van der Waals surface area (Å²) in [6.07, 6.45) is 6.64. The Hall–Kier alpha value is -3.85. The molecule has 4 aromatic rings. The summed E-state index contributed by atoms with van der Waals surface area (Å²) in [6.45, 7) is 1.85. The molecule has 31 heavy (non-hydrogen) atoms. The van der Waals surface area contributed by atoms with Crippen LogP contribution in [-0.4, -0.2) is 39.2 Å². The van der Waals surface area contributed by atoms with Crippen molar-refractivity contribution < 1.29 is 9.21 Å². The maximum absolute atomic E-state index is 12.6. The Bertz CT molecular complexity index is 1250. The summed E-state index contributed by atoms with van der Waals surface area (Å²) < 4.78 is 5.56. The van der Waals surface area contributed by atoms with Crippen molar-refractivity contribution in [3.63, 3.8) is 0 Å². The quantitative estimate of drug-likeness (QED) is 0.463. The van der Waals surface area contributed by atoms with E-state index in [1.54, 1.807) is 18.5 Å². The average molecular weight is 415 g/mol. The van der Waals surface area contributed by atoms with E-state index in [0.717, 1.165) is 42.4 Å². The number of nitrogens with two attached hydrogens (primary N) is 1. The fourth-order valence-corrected chi connectivity index (χ4v) is 3.73. The van der Waals surface area contributed by atoms with Crippen molar-refractivity contribution in [3.8, 4) is 11.1 Å². The number of nitrogens with zero attached hydrogens (tertiary/aromatic N) is 4. The van der Waals surface area contributed by atoms with Crippen LogP contribution < -0.4 is 16.4 Å². The Balaban J connectivity index is 1.36. The molecule has 0 spiro atoms. The first-order valence-electron chi connectivity index (χ1n) is 10.1. The van der Waals surface area contributed by atoms with Gasteiger partial charge in [0.05, 0.1) is 11.2 Å². The van der Waals surface area contributed by atoms with Gasteiger partial charge in [-0.3, -0.25) is 9.78 Å². The molecule has 1 amide bonds. The second kappa shape index (κ2) is 8.11. The van der Waals surface area contributed by atoms with Crippen molar-refractivity contribution >= 4 is 28.3 Å². The molecule has 1 saturated heterocycles. The maximum Gasteiger partial charge on any atom is 0.278 e. The maximum atomic E-state index is 12.6. The average Bonchev–Trinajstić information content (AvgIpc) is 3.30. The number of nitrogens with one attached hydrogen (secondary N) is 2. The number of carbonyl (C=O) groups is 1. The Kier molecular flexibility index (Phi) is 5.01. The molecule has 0 bridgehead atoms. The van der Waals surface area contributed by atoms with Crippen LogP contribution in [0.2, 0.25) is 0 Å². The zero-order valence-corrected chi connectivity index (χ0v) is 16.7. The summed E-state index contributed by atoms with van der Waals surface area (Å²) in [5.41, 5.74) is 9.23. The summed E-state index contributed by atoms with van der Waals surface area (Å²) in [4.78, 5) is 21.2. The van der Waals surface area contributed by atoms with Crippen molar-refractivity contribution in [1.29, 1.82) is 0 Å². The molecule has 4 heterocycles. The lowest BCUT2D eigenvalue weighted by Crippen LogP contribution is -2.26. The number of oxazole rings is 1. The number of benzene rings is 1. The van der Waals surface area contributed by atoms with E-state index in [-0.39, 0.29) is 17.5 Å². The van der Waals surface area contributed by atoms with E-state index in [0.29, 0.717) is 22.9 Å². The molecule has 0 radical (unpaired) electrons. The van der Waals surface area contributed by atoms with Gasteiger partial charge >= 0.3 is 0 Å². The largest absolute Gasteiger partial charge is 0.448 e. The minimum atomic E-state index is -0.381. The van der Waals surface area contributed by atoms with Crippen LogP contribution in [0, 0.1) is 0 Å². The number of nitrogen functional groups attached to an aromatic ring is 1. The summed E-state index contributed by atoms with van der Waals surface area (Å²) in [7, 11) is 0. The standard InChI is InChI=1S/C22H21N7O2/c23-17-8-16(10-25-11-17)14-1-2-18-15(7-14)9-20(29-28-18)27-21(30)19-12-31-22(26-19)13-3-5-24-6-4-13/h1-2,7-13,24H,3-6,23H2,(H,27,29,30). The zero-order valence-electron chi connectivity index (χ0n) is 16.7. The van der Waals surface area contributed by atoms with Crippen LogP contribution in [0.1, 0.15) is 35.1 Å². The van der Waals surface area contributed by atoms with Gasteiger partial charge in [0.25, 0.3) is 5.91 Å². The molecule has 1 aliphatic rings. The minimum Gasteiger partial charge on any atom is -0.448 e. The summed E-state index contributed by atoms with van der Waals surface area (Å²) in [5.74, 6) is 0.806. The van der Waals surface area contributed by atoms with E-state index in [2.05, 4.69) is 30.8 Å². The molecule has 9 nitrogen and oxygen atoms in total. The summed E-state index contributed by atoms with van der Waals surface area (Å²) in [6, 6.07) is 9.40. The van der Waals surface area contributed by atoms with Gasteiger partial charge in [-0.1, -0.05) is 6.07 Å². The number of rotatable bonds is 4. The third-order valence-corrected chi connectivity index (χ3v) is 5.36. The highest BCUT2D eigenvalue weighted by Gasteiger charge is 2.22. The first kappa shape index (κ1) is 19.1. The molecule has 5 rings (SSSR count).